The molecule has 0 radical (unpaired) electrons. The topological polar surface area (TPSA) is 65.1 Å². The normalized spacial score (nSPS) is 11.3. The van der Waals surface area contributed by atoms with Crippen LogP contribution in [-0.2, 0) is 5.75 Å². The minimum absolute atomic E-state index is 0.146. The summed E-state index contributed by atoms with van der Waals surface area (Å²) in [7, 11) is 0. The van der Waals surface area contributed by atoms with Gasteiger partial charge in [0.2, 0.25) is 4.96 Å². The maximum absolute atomic E-state index is 12.2. The number of aryl methyl sites for hydroxylation is 2. The van der Waals surface area contributed by atoms with Gasteiger partial charge in [-0.2, -0.15) is 9.61 Å². The highest BCUT2D eigenvalue weighted by atomic mass is 32.2. The highest BCUT2D eigenvalue weighted by Crippen LogP contribution is 2.26. The quantitative estimate of drug-likeness (QED) is 0.504. The summed E-state index contributed by atoms with van der Waals surface area (Å²) in [6.45, 7) is 6.09. The standard InChI is InChI=1S/C18H17N5OS2/c1-11-5-4-6-15(12(11)2)22-8-7-19-17(22)25-10-14-9-16(24)23-18(20-14)26-13(3)21-23/h4-9H,10H2,1-3H3. The van der Waals surface area contributed by atoms with Crippen molar-refractivity contribution in [2.24, 2.45) is 0 Å². The molecule has 132 valence electrons. The summed E-state index contributed by atoms with van der Waals surface area (Å²) < 4.78 is 3.43. The van der Waals surface area contributed by atoms with Gasteiger partial charge in [-0.3, -0.25) is 9.36 Å². The monoisotopic (exact) mass is 383 g/mol. The van der Waals surface area contributed by atoms with Crippen molar-refractivity contribution in [2.45, 2.75) is 31.7 Å². The fourth-order valence-corrected chi connectivity index (χ4v) is 4.37. The van der Waals surface area contributed by atoms with E-state index >= 15 is 0 Å². The summed E-state index contributed by atoms with van der Waals surface area (Å²) in [6, 6.07) is 7.79. The summed E-state index contributed by atoms with van der Waals surface area (Å²) in [4.78, 5) is 21.8. The van der Waals surface area contributed by atoms with Crippen molar-refractivity contribution in [2.75, 3.05) is 0 Å². The van der Waals surface area contributed by atoms with Gasteiger partial charge in [-0.05, 0) is 38.0 Å². The molecular formula is C18H17N5OS2. The van der Waals surface area contributed by atoms with Gasteiger partial charge < -0.3 is 0 Å². The molecule has 0 saturated heterocycles. The summed E-state index contributed by atoms with van der Waals surface area (Å²) in [6.07, 6.45) is 3.75. The van der Waals surface area contributed by atoms with Gasteiger partial charge in [0, 0.05) is 24.2 Å². The number of thioether (sulfide) groups is 1. The molecule has 4 aromatic rings. The van der Waals surface area contributed by atoms with Crippen molar-refractivity contribution in [3.8, 4) is 5.69 Å². The van der Waals surface area contributed by atoms with E-state index in [1.54, 1.807) is 24.0 Å². The van der Waals surface area contributed by atoms with E-state index in [2.05, 4.69) is 51.7 Å². The molecule has 0 N–H and O–H groups in total. The van der Waals surface area contributed by atoms with Crippen LogP contribution in [0.3, 0.4) is 0 Å². The van der Waals surface area contributed by atoms with Crippen LogP contribution < -0.4 is 5.56 Å². The third kappa shape index (κ3) is 3.06. The van der Waals surface area contributed by atoms with E-state index in [1.807, 2.05) is 13.1 Å². The fourth-order valence-electron chi connectivity index (χ4n) is 2.74. The third-order valence-electron chi connectivity index (χ3n) is 4.19. The van der Waals surface area contributed by atoms with Crippen LogP contribution in [0, 0.1) is 20.8 Å². The van der Waals surface area contributed by atoms with Gasteiger partial charge in [-0.1, -0.05) is 35.2 Å². The molecule has 0 unspecified atom stereocenters. The van der Waals surface area contributed by atoms with Crippen molar-refractivity contribution in [1.29, 1.82) is 0 Å². The highest BCUT2D eigenvalue weighted by molar-refractivity contribution is 7.98. The number of hydrogen-bond acceptors (Lipinski definition) is 6. The second kappa shape index (κ2) is 6.69. The lowest BCUT2D eigenvalue weighted by molar-refractivity contribution is 0.868. The van der Waals surface area contributed by atoms with Gasteiger partial charge in [0.25, 0.3) is 5.56 Å². The second-order valence-electron chi connectivity index (χ2n) is 5.99. The van der Waals surface area contributed by atoms with Gasteiger partial charge in [0.1, 0.15) is 5.01 Å². The Balaban J connectivity index is 1.63. The van der Waals surface area contributed by atoms with E-state index in [-0.39, 0.29) is 5.56 Å². The van der Waals surface area contributed by atoms with Crippen LogP contribution >= 0.6 is 23.1 Å². The van der Waals surface area contributed by atoms with Crippen LogP contribution in [0.4, 0.5) is 0 Å². The Morgan fingerprint density at radius 3 is 2.92 bits per heavy atom. The zero-order valence-corrected chi connectivity index (χ0v) is 16.3. The Morgan fingerprint density at radius 2 is 2.08 bits per heavy atom. The first-order chi connectivity index (χ1) is 12.5. The van der Waals surface area contributed by atoms with Gasteiger partial charge in [0.05, 0.1) is 11.4 Å². The summed E-state index contributed by atoms with van der Waals surface area (Å²) in [5, 5.41) is 5.87. The van der Waals surface area contributed by atoms with Crippen molar-refractivity contribution in [3.05, 3.63) is 68.8 Å². The van der Waals surface area contributed by atoms with Gasteiger partial charge in [-0.25, -0.2) is 9.97 Å². The van der Waals surface area contributed by atoms with Crippen molar-refractivity contribution in [1.82, 2.24) is 24.1 Å². The highest BCUT2D eigenvalue weighted by Gasteiger charge is 2.11. The largest absolute Gasteiger partial charge is 0.295 e. The molecule has 4 rings (SSSR count). The molecule has 0 spiro atoms. The van der Waals surface area contributed by atoms with Gasteiger partial charge in [-0.15, -0.1) is 0 Å². The Morgan fingerprint density at radius 1 is 1.23 bits per heavy atom. The number of nitrogens with zero attached hydrogens (tertiary/aromatic N) is 5. The Labute approximate surface area is 158 Å². The average molecular weight is 384 g/mol. The third-order valence-corrected chi connectivity index (χ3v) is 6.01. The van der Waals surface area contributed by atoms with Crippen LogP contribution in [0.2, 0.25) is 0 Å². The SMILES string of the molecule is Cc1nn2c(=O)cc(CSc3nccn3-c3cccc(C)c3C)nc2s1. The molecular weight excluding hydrogens is 366 g/mol. The van der Waals surface area contributed by atoms with E-state index in [9.17, 15) is 4.79 Å². The molecule has 0 saturated carbocycles. The first kappa shape index (κ1) is 17.0. The molecule has 0 atom stereocenters. The number of fused-ring (bicyclic) bond motifs is 1. The summed E-state index contributed by atoms with van der Waals surface area (Å²) >= 11 is 2.98. The number of hydrogen-bond donors (Lipinski definition) is 0. The molecule has 3 aromatic heterocycles. The Hall–Kier alpha value is -2.45. The molecule has 8 heteroatoms. The van der Waals surface area contributed by atoms with Crippen LogP contribution in [0.25, 0.3) is 10.6 Å². The molecule has 3 heterocycles. The molecule has 0 aliphatic heterocycles. The van der Waals surface area contributed by atoms with Crippen LogP contribution in [0.5, 0.6) is 0 Å². The van der Waals surface area contributed by atoms with Crippen LogP contribution in [0.15, 0.2) is 46.6 Å². The molecule has 0 aliphatic carbocycles. The smallest absolute Gasteiger partial charge is 0.275 e. The molecule has 0 aliphatic rings. The maximum atomic E-state index is 12.2. The van der Waals surface area contributed by atoms with Crippen LogP contribution in [-0.4, -0.2) is 24.1 Å². The van der Waals surface area contributed by atoms with E-state index in [0.29, 0.717) is 10.7 Å². The lowest BCUT2D eigenvalue weighted by Crippen LogP contribution is -2.15. The van der Waals surface area contributed by atoms with Crippen LogP contribution in [0.1, 0.15) is 21.8 Å². The lowest BCUT2D eigenvalue weighted by atomic mass is 10.1. The molecule has 1 aromatic carbocycles. The molecule has 26 heavy (non-hydrogen) atoms. The van der Waals surface area contributed by atoms with E-state index < -0.39 is 0 Å². The Kier molecular flexibility index (Phi) is 4.37. The van der Waals surface area contributed by atoms with Gasteiger partial charge in [0.15, 0.2) is 5.16 Å². The zero-order valence-electron chi connectivity index (χ0n) is 14.6. The Bertz CT molecular complexity index is 1160. The number of rotatable bonds is 4. The van der Waals surface area contributed by atoms with Crippen molar-refractivity contribution in [3.63, 3.8) is 0 Å². The predicted molar refractivity (Wildman–Crippen MR) is 104 cm³/mol. The lowest BCUT2D eigenvalue weighted by Gasteiger charge is -2.12. The molecule has 0 bridgehead atoms. The minimum atomic E-state index is -0.146. The summed E-state index contributed by atoms with van der Waals surface area (Å²) in [5.74, 6) is 0.574. The summed E-state index contributed by atoms with van der Waals surface area (Å²) in [5.41, 5.74) is 4.18. The van der Waals surface area contributed by atoms with Gasteiger partial charge >= 0.3 is 0 Å². The first-order valence-electron chi connectivity index (χ1n) is 8.12. The van der Waals surface area contributed by atoms with Crippen molar-refractivity contribution >= 4 is 28.1 Å². The number of imidazole rings is 1. The number of aromatic nitrogens is 5. The maximum Gasteiger partial charge on any atom is 0.275 e. The second-order valence-corrected chi connectivity index (χ2v) is 8.09. The zero-order chi connectivity index (χ0) is 18.3. The number of benzene rings is 1. The van der Waals surface area contributed by atoms with E-state index in [1.165, 1.54) is 27.0 Å². The molecule has 6 nitrogen and oxygen atoms in total. The predicted octanol–water partition coefficient (Wildman–Crippen LogP) is 3.55. The minimum Gasteiger partial charge on any atom is -0.295 e. The fraction of sp³-hybridized carbons (Fsp3) is 0.222. The van der Waals surface area contributed by atoms with Crippen molar-refractivity contribution < 1.29 is 0 Å². The van der Waals surface area contributed by atoms with E-state index in [0.717, 1.165) is 21.5 Å². The average Bonchev–Trinajstić information content (AvgIpc) is 3.21. The first-order valence-corrected chi connectivity index (χ1v) is 9.92. The molecule has 0 fully saturated rings. The van der Waals surface area contributed by atoms with E-state index in [4.69, 9.17) is 0 Å². The molecule has 0 amide bonds.